The molecule has 0 atom stereocenters. The predicted octanol–water partition coefficient (Wildman–Crippen LogP) is 2.39. The van der Waals surface area contributed by atoms with Crippen molar-refractivity contribution in [1.82, 2.24) is 30.6 Å². The molecule has 2 amide bonds. The van der Waals surface area contributed by atoms with Crippen molar-refractivity contribution in [1.29, 1.82) is 0 Å². The lowest BCUT2D eigenvalue weighted by Crippen LogP contribution is -2.26. The number of carboxylic acid groups (broad SMARTS) is 1. The van der Waals surface area contributed by atoms with Crippen LogP contribution in [0.1, 0.15) is 33.1 Å². The molecule has 0 unspecified atom stereocenters. The number of carbonyl (C=O) groups excluding carboxylic acids is 1. The Morgan fingerprint density at radius 2 is 1.77 bits per heavy atom. The van der Waals surface area contributed by atoms with Crippen LogP contribution in [0.5, 0.6) is 0 Å². The van der Waals surface area contributed by atoms with Crippen molar-refractivity contribution in [2.45, 2.75) is 26.9 Å². The van der Waals surface area contributed by atoms with Gasteiger partial charge in [0.2, 0.25) is 5.95 Å². The summed E-state index contributed by atoms with van der Waals surface area (Å²) in [6, 6.07) is 5.81. The Morgan fingerprint density at radius 1 is 1.03 bits per heavy atom. The molecule has 0 radical (unpaired) electrons. The van der Waals surface area contributed by atoms with E-state index in [1.165, 1.54) is 18.2 Å². The molecule has 0 saturated heterocycles. The van der Waals surface area contributed by atoms with Gasteiger partial charge in [-0.05, 0) is 49.2 Å². The summed E-state index contributed by atoms with van der Waals surface area (Å²) in [4.78, 5) is 39.9. The highest BCUT2D eigenvalue weighted by molar-refractivity contribution is 5.93. The fraction of sp³-hybridized carbons (Fsp3) is 0.200. The fourth-order valence-electron chi connectivity index (χ4n) is 2.68. The fourth-order valence-corrected chi connectivity index (χ4v) is 2.68. The van der Waals surface area contributed by atoms with Gasteiger partial charge in [-0.15, -0.1) is 0 Å². The standard InChI is InChI=1S/C20H19FN6O3/c1-11-7-22-18(23-8-11)10-24-19(28)16-6-13(9-25-20(29)30)5-15(27-16)14-3-4-17(21)26-12(14)2/h3-8,25H,9-10H2,1-2H3,(H,24,28)(H,29,30). The number of pyridine rings is 2. The van der Waals surface area contributed by atoms with E-state index in [0.29, 0.717) is 28.3 Å². The predicted molar refractivity (Wildman–Crippen MR) is 105 cm³/mol. The molecule has 3 aromatic rings. The van der Waals surface area contributed by atoms with Crippen molar-refractivity contribution in [3.05, 3.63) is 70.9 Å². The Hall–Kier alpha value is -3.95. The number of hydrogen-bond donors (Lipinski definition) is 3. The lowest BCUT2D eigenvalue weighted by Gasteiger charge is -2.11. The quantitative estimate of drug-likeness (QED) is 0.532. The van der Waals surface area contributed by atoms with Crippen molar-refractivity contribution >= 4 is 12.0 Å². The van der Waals surface area contributed by atoms with Gasteiger partial charge in [-0.25, -0.2) is 24.7 Å². The highest BCUT2D eigenvalue weighted by Crippen LogP contribution is 2.22. The normalized spacial score (nSPS) is 10.5. The van der Waals surface area contributed by atoms with Crippen LogP contribution >= 0.6 is 0 Å². The Kier molecular flexibility index (Phi) is 6.26. The second kappa shape index (κ2) is 9.03. The van der Waals surface area contributed by atoms with E-state index in [4.69, 9.17) is 5.11 Å². The van der Waals surface area contributed by atoms with Gasteiger partial charge in [0.05, 0.1) is 12.2 Å². The average Bonchev–Trinajstić information content (AvgIpc) is 2.71. The maximum atomic E-state index is 13.4. The average molecular weight is 410 g/mol. The molecule has 3 heterocycles. The third-order valence-electron chi connectivity index (χ3n) is 4.13. The number of amides is 2. The van der Waals surface area contributed by atoms with Crippen LogP contribution in [0.15, 0.2) is 36.7 Å². The summed E-state index contributed by atoms with van der Waals surface area (Å²) in [5.41, 5.74) is 2.79. The van der Waals surface area contributed by atoms with E-state index >= 15 is 0 Å². The van der Waals surface area contributed by atoms with Crippen LogP contribution in [0, 0.1) is 19.8 Å². The molecule has 3 N–H and O–H groups in total. The number of aromatic nitrogens is 4. The van der Waals surface area contributed by atoms with E-state index in [0.717, 1.165) is 5.56 Å². The lowest BCUT2D eigenvalue weighted by atomic mass is 10.1. The molecule has 10 heteroatoms. The zero-order chi connectivity index (χ0) is 21.7. The summed E-state index contributed by atoms with van der Waals surface area (Å²) >= 11 is 0. The summed E-state index contributed by atoms with van der Waals surface area (Å²) in [6.07, 6.45) is 2.09. The molecule has 0 aliphatic rings. The molecular weight excluding hydrogens is 391 g/mol. The van der Waals surface area contributed by atoms with Crippen molar-refractivity contribution in [2.24, 2.45) is 0 Å². The molecule has 0 aromatic carbocycles. The molecule has 0 bridgehead atoms. The van der Waals surface area contributed by atoms with Crippen molar-refractivity contribution in [3.63, 3.8) is 0 Å². The SMILES string of the molecule is Cc1cnc(CNC(=O)c2cc(CNC(=O)O)cc(-c3ccc(F)nc3C)n2)nc1. The first kappa shape index (κ1) is 20.8. The number of nitrogens with one attached hydrogen (secondary N) is 2. The van der Waals surface area contributed by atoms with Crippen molar-refractivity contribution < 1.29 is 19.1 Å². The lowest BCUT2D eigenvalue weighted by molar-refractivity contribution is 0.0945. The Morgan fingerprint density at radius 3 is 2.43 bits per heavy atom. The van der Waals surface area contributed by atoms with Crippen LogP contribution in [-0.4, -0.2) is 37.0 Å². The largest absolute Gasteiger partial charge is 0.465 e. The van der Waals surface area contributed by atoms with E-state index in [1.54, 1.807) is 25.4 Å². The smallest absolute Gasteiger partial charge is 0.404 e. The minimum Gasteiger partial charge on any atom is -0.465 e. The number of carbonyl (C=O) groups is 2. The number of hydrogen-bond acceptors (Lipinski definition) is 6. The molecular formula is C20H19FN6O3. The third-order valence-corrected chi connectivity index (χ3v) is 4.13. The molecule has 30 heavy (non-hydrogen) atoms. The molecule has 3 rings (SSSR count). The Balaban J connectivity index is 1.89. The van der Waals surface area contributed by atoms with Crippen LogP contribution < -0.4 is 10.6 Å². The van der Waals surface area contributed by atoms with Crippen LogP contribution in [0.4, 0.5) is 9.18 Å². The topological polar surface area (TPSA) is 130 Å². The maximum Gasteiger partial charge on any atom is 0.404 e. The Bertz CT molecular complexity index is 1090. The first-order valence-corrected chi connectivity index (χ1v) is 8.99. The molecule has 0 aliphatic carbocycles. The van der Waals surface area contributed by atoms with Gasteiger partial charge in [-0.2, -0.15) is 4.39 Å². The third kappa shape index (κ3) is 5.31. The van der Waals surface area contributed by atoms with Crippen LogP contribution in [0.3, 0.4) is 0 Å². The highest BCUT2D eigenvalue weighted by Gasteiger charge is 2.14. The molecule has 0 aliphatic heterocycles. The number of rotatable bonds is 6. The molecule has 0 saturated carbocycles. The van der Waals surface area contributed by atoms with E-state index in [9.17, 15) is 14.0 Å². The van der Waals surface area contributed by atoms with E-state index in [-0.39, 0.29) is 18.8 Å². The Labute approximate surface area is 171 Å². The van der Waals surface area contributed by atoms with Crippen LogP contribution in [-0.2, 0) is 13.1 Å². The molecule has 3 aromatic heterocycles. The summed E-state index contributed by atoms with van der Waals surface area (Å²) in [6.45, 7) is 3.55. The maximum absolute atomic E-state index is 13.4. The number of nitrogens with zero attached hydrogens (tertiary/aromatic N) is 4. The summed E-state index contributed by atoms with van der Waals surface area (Å²) in [7, 11) is 0. The zero-order valence-corrected chi connectivity index (χ0v) is 16.3. The van der Waals surface area contributed by atoms with Gasteiger partial charge in [0, 0.05) is 30.2 Å². The first-order chi connectivity index (χ1) is 14.3. The van der Waals surface area contributed by atoms with Crippen LogP contribution in [0.25, 0.3) is 11.3 Å². The van der Waals surface area contributed by atoms with Gasteiger partial charge < -0.3 is 15.7 Å². The first-order valence-electron chi connectivity index (χ1n) is 8.99. The monoisotopic (exact) mass is 410 g/mol. The van der Waals surface area contributed by atoms with Gasteiger partial charge in [0.1, 0.15) is 11.5 Å². The molecule has 0 fully saturated rings. The molecule has 0 spiro atoms. The summed E-state index contributed by atoms with van der Waals surface area (Å²) in [5, 5.41) is 13.8. The van der Waals surface area contributed by atoms with Gasteiger partial charge in [-0.1, -0.05) is 0 Å². The molecule has 9 nitrogen and oxygen atoms in total. The van der Waals surface area contributed by atoms with Gasteiger partial charge in [0.25, 0.3) is 5.91 Å². The van der Waals surface area contributed by atoms with Gasteiger partial charge >= 0.3 is 6.09 Å². The zero-order valence-electron chi connectivity index (χ0n) is 16.3. The van der Waals surface area contributed by atoms with Gasteiger partial charge in [-0.3, -0.25) is 4.79 Å². The van der Waals surface area contributed by atoms with Gasteiger partial charge in [0.15, 0.2) is 0 Å². The minimum atomic E-state index is -1.20. The number of aryl methyl sites for hydroxylation is 2. The van der Waals surface area contributed by atoms with E-state index in [2.05, 4.69) is 30.6 Å². The number of halogens is 1. The second-order valence-electron chi connectivity index (χ2n) is 6.53. The van der Waals surface area contributed by atoms with E-state index < -0.39 is 17.9 Å². The minimum absolute atomic E-state index is 0.0279. The summed E-state index contributed by atoms with van der Waals surface area (Å²) in [5.74, 6) is -0.669. The second-order valence-corrected chi connectivity index (χ2v) is 6.53. The van der Waals surface area contributed by atoms with Crippen molar-refractivity contribution in [2.75, 3.05) is 0 Å². The highest BCUT2D eigenvalue weighted by atomic mass is 19.1. The van der Waals surface area contributed by atoms with Crippen LogP contribution in [0.2, 0.25) is 0 Å². The van der Waals surface area contributed by atoms with Crippen molar-refractivity contribution in [3.8, 4) is 11.3 Å². The molecule has 154 valence electrons. The van der Waals surface area contributed by atoms with E-state index in [1.807, 2.05) is 6.92 Å². The summed E-state index contributed by atoms with van der Waals surface area (Å²) < 4.78 is 13.4.